The number of carbonyl (C=O) groups is 1. The van der Waals surface area contributed by atoms with E-state index in [1.807, 2.05) is 48.7 Å². The average molecular weight is 411 g/mol. The van der Waals surface area contributed by atoms with Gasteiger partial charge >= 0.3 is 0 Å². The van der Waals surface area contributed by atoms with E-state index in [0.717, 1.165) is 36.6 Å². The molecule has 8 heteroatoms. The fraction of sp³-hybridized carbons (Fsp3) is 0.409. The van der Waals surface area contributed by atoms with Crippen LogP contribution in [-0.4, -0.2) is 68.6 Å². The van der Waals surface area contributed by atoms with Gasteiger partial charge in [0.1, 0.15) is 11.6 Å². The number of methoxy groups -OCH3 is 1. The number of amides is 1. The second-order valence-electron chi connectivity index (χ2n) is 7.42. The van der Waals surface area contributed by atoms with E-state index in [2.05, 4.69) is 20.5 Å². The van der Waals surface area contributed by atoms with E-state index in [1.54, 1.807) is 26.1 Å². The van der Waals surface area contributed by atoms with E-state index in [4.69, 9.17) is 9.73 Å². The van der Waals surface area contributed by atoms with Crippen LogP contribution >= 0.6 is 0 Å². The number of carbonyl (C=O) groups excluding carboxylic acids is 1. The molecule has 0 aliphatic carbocycles. The summed E-state index contributed by atoms with van der Waals surface area (Å²) in [7, 11) is 5.14. The van der Waals surface area contributed by atoms with Crippen LogP contribution in [0.25, 0.3) is 0 Å². The monoisotopic (exact) mass is 410 g/mol. The van der Waals surface area contributed by atoms with E-state index >= 15 is 0 Å². The van der Waals surface area contributed by atoms with E-state index in [0.29, 0.717) is 12.5 Å². The Bertz CT molecular complexity index is 838. The molecule has 0 saturated carbocycles. The Balaban J connectivity index is 1.63. The van der Waals surface area contributed by atoms with Crippen molar-refractivity contribution in [3.05, 3.63) is 54.2 Å². The molecule has 0 spiro atoms. The lowest BCUT2D eigenvalue weighted by Gasteiger charge is -2.20. The number of benzene rings is 1. The molecule has 1 amide bonds. The minimum atomic E-state index is -0.00418. The lowest BCUT2D eigenvalue weighted by Crippen LogP contribution is -2.47. The second-order valence-corrected chi connectivity index (χ2v) is 7.42. The number of anilines is 1. The van der Waals surface area contributed by atoms with Crippen LogP contribution in [0.3, 0.4) is 0 Å². The number of guanidine groups is 1. The second kappa shape index (κ2) is 10.5. The molecule has 3 rings (SSSR count). The third kappa shape index (κ3) is 6.10. The summed E-state index contributed by atoms with van der Waals surface area (Å²) < 4.78 is 5.20. The third-order valence-electron chi connectivity index (χ3n) is 4.99. The number of rotatable bonds is 7. The Hall–Kier alpha value is -3.29. The van der Waals surface area contributed by atoms with Crippen molar-refractivity contribution in [2.75, 3.05) is 45.7 Å². The van der Waals surface area contributed by atoms with Gasteiger partial charge in [0.25, 0.3) is 0 Å². The average Bonchev–Trinajstić information content (AvgIpc) is 3.24. The van der Waals surface area contributed by atoms with Gasteiger partial charge in [-0.2, -0.15) is 0 Å². The highest BCUT2D eigenvalue weighted by Gasteiger charge is 2.24. The van der Waals surface area contributed by atoms with Crippen molar-refractivity contribution in [3.63, 3.8) is 0 Å². The third-order valence-corrected chi connectivity index (χ3v) is 4.99. The van der Waals surface area contributed by atoms with Crippen LogP contribution in [0.15, 0.2) is 53.7 Å². The summed E-state index contributed by atoms with van der Waals surface area (Å²) in [5.74, 6) is 2.43. The predicted octanol–water partition coefficient (Wildman–Crippen LogP) is 1.49. The quantitative estimate of drug-likeness (QED) is 0.532. The maximum Gasteiger partial charge on any atom is 0.241 e. The van der Waals surface area contributed by atoms with Crippen molar-refractivity contribution >= 4 is 17.7 Å². The Morgan fingerprint density at radius 1 is 1.27 bits per heavy atom. The molecule has 8 nitrogen and oxygen atoms in total. The summed E-state index contributed by atoms with van der Waals surface area (Å²) in [5, 5.41) is 6.64. The number of pyridine rings is 1. The molecule has 2 N–H and O–H groups in total. The highest BCUT2D eigenvalue weighted by atomic mass is 16.5. The maximum atomic E-state index is 12.0. The molecule has 1 aliphatic heterocycles. The van der Waals surface area contributed by atoms with Crippen LogP contribution < -0.4 is 20.3 Å². The van der Waals surface area contributed by atoms with Crippen molar-refractivity contribution < 1.29 is 9.53 Å². The number of ether oxygens (including phenoxy) is 1. The minimum absolute atomic E-state index is 0.00418. The Kier molecular flexibility index (Phi) is 7.48. The molecule has 30 heavy (non-hydrogen) atoms. The Labute approximate surface area is 178 Å². The summed E-state index contributed by atoms with van der Waals surface area (Å²) >= 11 is 0. The van der Waals surface area contributed by atoms with E-state index < -0.39 is 0 Å². The molecule has 1 fully saturated rings. The summed E-state index contributed by atoms with van der Waals surface area (Å²) in [4.78, 5) is 25.0. The maximum absolute atomic E-state index is 12.0. The molecule has 0 bridgehead atoms. The van der Waals surface area contributed by atoms with Gasteiger partial charge < -0.3 is 25.2 Å². The van der Waals surface area contributed by atoms with Crippen molar-refractivity contribution in [1.29, 1.82) is 0 Å². The van der Waals surface area contributed by atoms with Gasteiger partial charge in [0.2, 0.25) is 5.91 Å². The molecular weight excluding hydrogens is 380 g/mol. The molecular formula is C22H30N6O2. The topological polar surface area (TPSA) is 82.1 Å². The summed E-state index contributed by atoms with van der Waals surface area (Å²) in [6.45, 7) is 2.46. The number of hydrogen-bond donors (Lipinski definition) is 2. The van der Waals surface area contributed by atoms with Crippen LogP contribution in [0.1, 0.15) is 12.0 Å². The fourth-order valence-electron chi connectivity index (χ4n) is 3.19. The number of aliphatic imine (C=N–C) groups is 1. The van der Waals surface area contributed by atoms with Gasteiger partial charge in [0, 0.05) is 39.4 Å². The van der Waals surface area contributed by atoms with Gasteiger partial charge in [-0.15, -0.1) is 0 Å². The standard InChI is InChI=1S/C22H30N6O2/c1-27(2)21(29)15-25-22(24-14-17-7-9-19(30-3)10-8-17)26-18-11-13-28(16-18)20-6-4-5-12-23-20/h4-10,12,18H,11,13-16H2,1-3H3,(H2,24,25,26). The summed E-state index contributed by atoms with van der Waals surface area (Å²) in [6, 6.07) is 14.0. The molecule has 0 radical (unpaired) electrons. The number of hydrogen-bond acceptors (Lipinski definition) is 5. The number of nitrogens with one attached hydrogen (secondary N) is 2. The molecule has 1 atom stereocenters. The molecule has 2 aromatic rings. The Morgan fingerprint density at radius 3 is 2.73 bits per heavy atom. The first-order chi connectivity index (χ1) is 14.5. The van der Waals surface area contributed by atoms with Gasteiger partial charge in [-0.1, -0.05) is 18.2 Å². The van der Waals surface area contributed by atoms with Crippen LogP contribution in [-0.2, 0) is 11.3 Å². The Morgan fingerprint density at radius 2 is 2.07 bits per heavy atom. The van der Waals surface area contributed by atoms with Crippen LogP contribution in [0.4, 0.5) is 5.82 Å². The van der Waals surface area contributed by atoms with Crippen LogP contribution in [0.5, 0.6) is 5.75 Å². The highest BCUT2D eigenvalue weighted by Crippen LogP contribution is 2.17. The van der Waals surface area contributed by atoms with Gasteiger partial charge in [0.05, 0.1) is 20.2 Å². The molecule has 160 valence electrons. The van der Waals surface area contributed by atoms with Crippen molar-refractivity contribution in [3.8, 4) is 5.75 Å². The largest absolute Gasteiger partial charge is 0.497 e. The van der Waals surface area contributed by atoms with Crippen molar-refractivity contribution in [2.24, 2.45) is 4.99 Å². The molecule has 2 heterocycles. The van der Waals surface area contributed by atoms with E-state index in [9.17, 15) is 4.79 Å². The fourth-order valence-corrected chi connectivity index (χ4v) is 3.19. The lowest BCUT2D eigenvalue weighted by molar-refractivity contribution is -0.127. The van der Waals surface area contributed by atoms with Crippen molar-refractivity contribution in [1.82, 2.24) is 20.5 Å². The first-order valence-corrected chi connectivity index (χ1v) is 10.1. The molecule has 1 aromatic carbocycles. The SMILES string of the molecule is COc1ccc(CN=C(NCC(=O)N(C)C)NC2CCN(c3ccccn3)C2)cc1. The van der Waals surface area contributed by atoms with Gasteiger partial charge in [-0.3, -0.25) is 4.79 Å². The first-order valence-electron chi connectivity index (χ1n) is 10.1. The molecule has 1 aromatic heterocycles. The molecule has 1 unspecified atom stereocenters. The molecule has 1 aliphatic rings. The number of nitrogens with zero attached hydrogens (tertiary/aromatic N) is 4. The normalized spacial score (nSPS) is 16.3. The van der Waals surface area contributed by atoms with E-state index in [1.165, 1.54) is 0 Å². The van der Waals surface area contributed by atoms with Crippen LogP contribution in [0, 0.1) is 0 Å². The summed E-state index contributed by atoms with van der Waals surface area (Å²) in [6.07, 6.45) is 2.79. The number of aromatic nitrogens is 1. The van der Waals surface area contributed by atoms with Gasteiger partial charge in [-0.25, -0.2) is 9.98 Å². The smallest absolute Gasteiger partial charge is 0.241 e. The summed E-state index contributed by atoms with van der Waals surface area (Å²) in [5.41, 5.74) is 1.07. The molecule has 1 saturated heterocycles. The minimum Gasteiger partial charge on any atom is -0.497 e. The highest BCUT2D eigenvalue weighted by molar-refractivity contribution is 5.86. The number of likely N-dealkylation sites (N-methyl/N-ethyl adjacent to an activating group) is 1. The predicted molar refractivity (Wildman–Crippen MR) is 119 cm³/mol. The lowest BCUT2D eigenvalue weighted by atomic mass is 10.2. The van der Waals surface area contributed by atoms with Gasteiger partial charge in [0.15, 0.2) is 5.96 Å². The van der Waals surface area contributed by atoms with Crippen molar-refractivity contribution in [2.45, 2.75) is 19.0 Å². The van der Waals surface area contributed by atoms with Crippen LogP contribution in [0.2, 0.25) is 0 Å². The zero-order chi connectivity index (χ0) is 21.3. The van der Waals surface area contributed by atoms with E-state index in [-0.39, 0.29) is 18.5 Å². The van der Waals surface area contributed by atoms with Gasteiger partial charge in [-0.05, 0) is 36.2 Å². The first kappa shape index (κ1) is 21.4. The zero-order valence-corrected chi connectivity index (χ0v) is 17.8. The zero-order valence-electron chi connectivity index (χ0n) is 17.8.